The molecule has 5 aromatic rings. The van der Waals surface area contributed by atoms with Gasteiger partial charge in [-0.05, 0) is 57.1 Å². The van der Waals surface area contributed by atoms with Crippen LogP contribution in [0.1, 0.15) is 25.0 Å². The van der Waals surface area contributed by atoms with Crippen LogP contribution in [0.25, 0.3) is 44.3 Å². The topological polar surface area (TPSA) is 38.9 Å². The molecular weight excluding hydrogens is 415 g/mol. The Balaban J connectivity index is 1.64. The number of hydrogen-bond acceptors (Lipinski definition) is 3. The van der Waals surface area contributed by atoms with E-state index in [1.165, 1.54) is 27.8 Å². The van der Waals surface area contributed by atoms with Crippen LogP contribution in [0.5, 0.6) is 0 Å². The van der Waals surface area contributed by atoms with Crippen LogP contribution >= 0.6 is 23.2 Å². The first-order valence-electron chi connectivity index (χ1n) is 9.74. The minimum absolute atomic E-state index is 0.0925. The molecule has 3 nitrogen and oxygen atoms in total. The molecular formula is C25H16Cl2N2O. The molecule has 0 fully saturated rings. The second-order valence-electron chi connectivity index (χ2n) is 8.17. The highest BCUT2D eigenvalue weighted by atomic mass is 35.5. The van der Waals surface area contributed by atoms with Gasteiger partial charge in [-0.2, -0.15) is 0 Å². The van der Waals surface area contributed by atoms with Gasteiger partial charge in [-0.25, -0.2) is 9.97 Å². The van der Waals surface area contributed by atoms with Crippen LogP contribution in [0.4, 0.5) is 0 Å². The maximum Gasteiger partial charge on any atom is 0.224 e. The van der Waals surface area contributed by atoms with E-state index in [1.807, 2.05) is 6.07 Å². The molecule has 1 aliphatic rings. The Hall–Kier alpha value is -2.88. The number of benzene rings is 3. The maximum absolute atomic E-state index is 6.23. The largest absolute Gasteiger partial charge is 0.451 e. The lowest BCUT2D eigenvalue weighted by Gasteiger charge is -2.24. The van der Waals surface area contributed by atoms with Gasteiger partial charge in [0.15, 0.2) is 10.7 Å². The van der Waals surface area contributed by atoms with E-state index < -0.39 is 0 Å². The number of rotatable bonds is 1. The maximum atomic E-state index is 6.23. The first-order chi connectivity index (χ1) is 14.4. The third-order valence-corrected chi connectivity index (χ3v) is 6.56. The molecule has 30 heavy (non-hydrogen) atoms. The monoisotopic (exact) mass is 430 g/mol. The van der Waals surface area contributed by atoms with Gasteiger partial charge in [0.25, 0.3) is 0 Å². The lowest BCUT2D eigenvalue weighted by atomic mass is 9.79. The summed E-state index contributed by atoms with van der Waals surface area (Å²) in [6.07, 6.45) is 0. The third kappa shape index (κ3) is 2.33. The fourth-order valence-corrected chi connectivity index (χ4v) is 5.26. The van der Waals surface area contributed by atoms with E-state index in [2.05, 4.69) is 78.4 Å². The van der Waals surface area contributed by atoms with Gasteiger partial charge in [0.2, 0.25) is 5.28 Å². The SMILES string of the molecule is CC1(C)c2ccccc2-c2cccc(-c3ccc4oc5c(Cl)nc(Cl)nc5c4c3)c21. The van der Waals surface area contributed by atoms with Crippen LogP contribution < -0.4 is 0 Å². The van der Waals surface area contributed by atoms with Crippen molar-refractivity contribution in [3.05, 3.63) is 82.2 Å². The van der Waals surface area contributed by atoms with Gasteiger partial charge in [0.1, 0.15) is 11.1 Å². The molecule has 0 spiro atoms. The highest BCUT2D eigenvalue weighted by Gasteiger charge is 2.37. The van der Waals surface area contributed by atoms with Crippen LogP contribution in [-0.2, 0) is 5.41 Å². The van der Waals surface area contributed by atoms with Gasteiger partial charge in [-0.15, -0.1) is 0 Å². The second kappa shape index (κ2) is 6.07. The smallest absolute Gasteiger partial charge is 0.224 e. The van der Waals surface area contributed by atoms with E-state index >= 15 is 0 Å². The van der Waals surface area contributed by atoms with Gasteiger partial charge in [-0.3, -0.25) is 0 Å². The molecule has 0 N–H and O–H groups in total. The summed E-state index contributed by atoms with van der Waals surface area (Å²) in [6.45, 7) is 4.58. The van der Waals surface area contributed by atoms with Gasteiger partial charge in [0.05, 0.1) is 0 Å². The minimum atomic E-state index is -0.0925. The Labute approximate surface area is 183 Å². The van der Waals surface area contributed by atoms with Crippen LogP contribution in [0.15, 0.2) is 65.1 Å². The average molecular weight is 431 g/mol. The number of aromatic nitrogens is 2. The van der Waals surface area contributed by atoms with E-state index in [0.717, 1.165) is 10.9 Å². The van der Waals surface area contributed by atoms with Crippen molar-refractivity contribution in [3.63, 3.8) is 0 Å². The fourth-order valence-electron chi connectivity index (χ4n) is 4.84. The molecule has 5 heteroatoms. The predicted molar refractivity (Wildman–Crippen MR) is 122 cm³/mol. The van der Waals surface area contributed by atoms with Crippen molar-refractivity contribution in [1.29, 1.82) is 0 Å². The van der Waals surface area contributed by atoms with Crippen LogP contribution in [0.3, 0.4) is 0 Å². The first kappa shape index (κ1) is 17.9. The molecule has 6 rings (SSSR count). The molecule has 2 aromatic heterocycles. The van der Waals surface area contributed by atoms with E-state index in [9.17, 15) is 0 Å². The number of hydrogen-bond donors (Lipinski definition) is 0. The van der Waals surface area contributed by atoms with Gasteiger partial charge >= 0.3 is 0 Å². The summed E-state index contributed by atoms with van der Waals surface area (Å²) in [4.78, 5) is 8.36. The van der Waals surface area contributed by atoms with Crippen molar-refractivity contribution in [2.24, 2.45) is 0 Å². The van der Waals surface area contributed by atoms with E-state index in [0.29, 0.717) is 16.7 Å². The molecule has 146 valence electrons. The summed E-state index contributed by atoms with van der Waals surface area (Å²) in [7, 11) is 0. The zero-order chi connectivity index (χ0) is 20.6. The van der Waals surface area contributed by atoms with Crippen molar-refractivity contribution in [2.75, 3.05) is 0 Å². The summed E-state index contributed by atoms with van der Waals surface area (Å²) in [6, 6.07) is 21.3. The lowest BCUT2D eigenvalue weighted by molar-refractivity contribution is 0.662. The van der Waals surface area contributed by atoms with E-state index in [1.54, 1.807) is 0 Å². The summed E-state index contributed by atoms with van der Waals surface area (Å²) < 4.78 is 5.90. The van der Waals surface area contributed by atoms with E-state index in [4.69, 9.17) is 27.6 Å². The van der Waals surface area contributed by atoms with Gasteiger partial charge < -0.3 is 4.42 Å². The average Bonchev–Trinajstić information content (AvgIpc) is 3.22. The minimum Gasteiger partial charge on any atom is -0.451 e. The van der Waals surface area contributed by atoms with Crippen LogP contribution in [-0.4, -0.2) is 9.97 Å². The lowest BCUT2D eigenvalue weighted by Crippen LogP contribution is -2.16. The second-order valence-corrected chi connectivity index (χ2v) is 8.87. The molecule has 0 atom stereocenters. The molecule has 0 unspecified atom stereocenters. The number of fused-ring (bicyclic) bond motifs is 6. The quantitative estimate of drug-likeness (QED) is 0.202. The molecule has 0 aliphatic heterocycles. The van der Waals surface area contributed by atoms with Crippen molar-refractivity contribution >= 4 is 45.3 Å². The van der Waals surface area contributed by atoms with E-state index in [-0.39, 0.29) is 15.9 Å². The fraction of sp³-hybridized carbons (Fsp3) is 0.120. The third-order valence-electron chi connectivity index (χ3n) is 6.13. The zero-order valence-electron chi connectivity index (χ0n) is 16.3. The standard InChI is InChI=1S/C25H16Cl2N2O/c1-25(2)18-9-4-3-6-15(18)16-8-5-7-14(20(16)25)13-10-11-19-17(12-13)21-22(30-19)23(26)29-24(27)28-21/h3-12H,1-2H3. The number of halogens is 2. The number of furan rings is 1. The highest BCUT2D eigenvalue weighted by Crippen LogP contribution is 2.52. The van der Waals surface area contributed by atoms with Crippen molar-refractivity contribution in [3.8, 4) is 22.3 Å². The molecule has 0 amide bonds. The van der Waals surface area contributed by atoms with Crippen LogP contribution in [0, 0.1) is 0 Å². The Kier molecular flexibility index (Phi) is 3.63. The van der Waals surface area contributed by atoms with Crippen molar-refractivity contribution in [1.82, 2.24) is 9.97 Å². The zero-order valence-corrected chi connectivity index (χ0v) is 17.8. The molecule has 0 bridgehead atoms. The molecule has 0 radical (unpaired) electrons. The molecule has 1 aliphatic carbocycles. The Morgan fingerprint density at radius 1 is 0.833 bits per heavy atom. The molecule has 0 saturated carbocycles. The highest BCUT2D eigenvalue weighted by molar-refractivity contribution is 6.36. The molecule has 0 saturated heterocycles. The molecule has 2 heterocycles. The molecule has 3 aromatic carbocycles. The van der Waals surface area contributed by atoms with Gasteiger partial charge in [-0.1, -0.05) is 74.0 Å². The predicted octanol–water partition coefficient (Wildman–Crippen LogP) is 7.66. The summed E-state index contributed by atoms with van der Waals surface area (Å²) in [5.41, 5.74) is 9.31. The Bertz CT molecular complexity index is 1500. The number of nitrogens with zero attached hydrogens (tertiary/aromatic N) is 2. The van der Waals surface area contributed by atoms with Crippen LogP contribution in [0.2, 0.25) is 10.4 Å². The van der Waals surface area contributed by atoms with Crippen molar-refractivity contribution < 1.29 is 4.42 Å². The normalized spacial score (nSPS) is 14.3. The Morgan fingerprint density at radius 2 is 1.60 bits per heavy atom. The first-order valence-corrected chi connectivity index (χ1v) is 10.5. The van der Waals surface area contributed by atoms with Crippen molar-refractivity contribution in [2.45, 2.75) is 19.3 Å². The summed E-state index contributed by atoms with van der Waals surface area (Å²) >= 11 is 12.3. The summed E-state index contributed by atoms with van der Waals surface area (Å²) in [5, 5.41) is 1.21. The van der Waals surface area contributed by atoms with Gasteiger partial charge in [0, 0.05) is 10.8 Å². The summed E-state index contributed by atoms with van der Waals surface area (Å²) in [5.74, 6) is 0. The Morgan fingerprint density at radius 3 is 2.47 bits per heavy atom.